The van der Waals surface area contributed by atoms with Crippen molar-refractivity contribution in [3.05, 3.63) is 24.0 Å². The van der Waals surface area contributed by atoms with Gasteiger partial charge in [0.15, 0.2) is 0 Å². The van der Waals surface area contributed by atoms with Crippen LogP contribution in [0.2, 0.25) is 0 Å². The van der Waals surface area contributed by atoms with Crippen LogP contribution in [-0.4, -0.2) is 5.91 Å². The number of amides is 1. The molecule has 4 heteroatoms. The van der Waals surface area contributed by atoms with E-state index in [-0.39, 0.29) is 5.69 Å². The number of halogens is 1. The SMILES string of the molecule is CC#CC(=O)Nc1ccc(F)c(N)c1. The molecule has 0 fully saturated rings. The van der Waals surface area contributed by atoms with Crippen molar-refractivity contribution in [2.75, 3.05) is 11.1 Å². The quantitative estimate of drug-likeness (QED) is 0.521. The Kier molecular flexibility index (Phi) is 3.08. The normalized spacial score (nSPS) is 8.71. The second kappa shape index (κ2) is 4.28. The van der Waals surface area contributed by atoms with E-state index in [2.05, 4.69) is 17.2 Å². The predicted octanol–water partition coefficient (Wildman–Crippen LogP) is 1.37. The first-order valence-corrected chi connectivity index (χ1v) is 3.92. The third kappa shape index (κ3) is 2.49. The molecule has 0 unspecified atom stereocenters. The molecule has 0 radical (unpaired) electrons. The van der Waals surface area contributed by atoms with Crippen LogP contribution >= 0.6 is 0 Å². The lowest BCUT2D eigenvalue weighted by Crippen LogP contribution is -2.08. The van der Waals surface area contributed by atoms with E-state index in [9.17, 15) is 9.18 Å². The van der Waals surface area contributed by atoms with Crippen LogP contribution in [0.4, 0.5) is 15.8 Å². The molecule has 1 aromatic carbocycles. The number of carbonyl (C=O) groups is 1. The Bertz CT molecular complexity index is 418. The highest BCUT2D eigenvalue weighted by atomic mass is 19.1. The number of carbonyl (C=O) groups excluding carboxylic acids is 1. The predicted molar refractivity (Wildman–Crippen MR) is 52.9 cm³/mol. The Labute approximate surface area is 81.1 Å². The summed E-state index contributed by atoms with van der Waals surface area (Å²) >= 11 is 0. The maximum absolute atomic E-state index is 12.7. The first kappa shape index (κ1) is 10.1. The van der Waals surface area contributed by atoms with E-state index in [1.165, 1.54) is 18.2 Å². The summed E-state index contributed by atoms with van der Waals surface area (Å²) in [5.41, 5.74) is 5.73. The average molecular weight is 192 g/mol. The van der Waals surface area contributed by atoms with Gasteiger partial charge in [-0.3, -0.25) is 4.79 Å². The zero-order chi connectivity index (χ0) is 10.6. The van der Waals surface area contributed by atoms with Gasteiger partial charge in [0.25, 0.3) is 5.91 Å². The van der Waals surface area contributed by atoms with Crippen LogP contribution in [0.1, 0.15) is 6.92 Å². The molecule has 0 aromatic heterocycles. The van der Waals surface area contributed by atoms with Crippen molar-refractivity contribution in [3.8, 4) is 11.8 Å². The topological polar surface area (TPSA) is 55.1 Å². The van der Waals surface area contributed by atoms with E-state index in [0.29, 0.717) is 5.69 Å². The smallest absolute Gasteiger partial charge is 0.300 e. The van der Waals surface area contributed by atoms with Gasteiger partial charge in [-0.05, 0) is 31.0 Å². The van der Waals surface area contributed by atoms with Crippen molar-refractivity contribution in [1.29, 1.82) is 0 Å². The van der Waals surface area contributed by atoms with E-state index >= 15 is 0 Å². The van der Waals surface area contributed by atoms with Gasteiger partial charge in [0, 0.05) is 5.69 Å². The number of hydrogen-bond acceptors (Lipinski definition) is 2. The van der Waals surface area contributed by atoms with Gasteiger partial charge in [0.2, 0.25) is 0 Å². The van der Waals surface area contributed by atoms with Crippen molar-refractivity contribution in [2.24, 2.45) is 0 Å². The second-order valence-corrected chi connectivity index (χ2v) is 2.57. The van der Waals surface area contributed by atoms with Gasteiger partial charge in [-0.25, -0.2) is 4.39 Å². The highest BCUT2D eigenvalue weighted by Gasteiger charge is 2.01. The number of nitrogens with one attached hydrogen (secondary N) is 1. The summed E-state index contributed by atoms with van der Waals surface area (Å²) in [5.74, 6) is 3.78. The van der Waals surface area contributed by atoms with Crippen LogP contribution < -0.4 is 11.1 Å². The Hall–Kier alpha value is -2.02. The maximum atomic E-state index is 12.7. The second-order valence-electron chi connectivity index (χ2n) is 2.57. The minimum Gasteiger partial charge on any atom is -0.396 e. The number of hydrogen-bond donors (Lipinski definition) is 2. The van der Waals surface area contributed by atoms with Crippen molar-refractivity contribution in [1.82, 2.24) is 0 Å². The molecule has 1 aromatic rings. The number of nitrogens with two attached hydrogens (primary N) is 1. The van der Waals surface area contributed by atoms with E-state index in [1.54, 1.807) is 6.92 Å². The van der Waals surface area contributed by atoms with E-state index in [1.807, 2.05) is 0 Å². The molecule has 1 amide bonds. The highest BCUT2D eigenvalue weighted by Crippen LogP contribution is 2.15. The molecule has 0 saturated heterocycles. The van der Waals surface area contributed by atoms with Crippen LogP contribution in [0.3, 0.4) is 0 Å². The molecule has 0 aliphatic heterocycles. The molecule has 0 saturated carbocycles. The van der Waals surface area contributed by atoms with Gasteiger partial charge in [-0.15, -0.1) is 0 Å². The number of benzene rings is 1. The summed E-state index contributed by atoms with van der Waals surface area (Å²) < 4.78 is 12.7. The summed E-state index contributed by atoms with van der Waals surface area (Å²) in [6, 6.07) is 3.94. The third-order valence-electron chi connectivity index (χ3n) is 1.49. The lowest BCUT2D eigenvalue weighted by molar-refractivity contribution is -0.111. The zero-order valence-electron chi connectivity index (χ0n) is 7.60. The van der Waals surface area contributed by atoms with E-state index < -0.39 is 11.7 Å². The minimum atomic E-state index is -0.510. The third-order valence-corrected chi connectivity index (χ3v) is 1.49. The molecule has 1 rings (SSSR count). The fraction of sp³-hybridized carbons (Fsp3) is 0.100. The Morgan fingerprint density at radius 1 is 1.57 bits per heavy atom. The lowest BCUT2D eigenvalue weighted by Gasteiger charge is -2.02. The molecule has 0 spiro atoms. The van der Waals surface area contributed by atoms with Crippen molar-refractivity contribution in [3.63, 3.8) is 0 Å². The Morgan fingerprint density at radius 2 is 2.29 bits per heavy atom. The lowest BCUT2D eigenvalue weighted by atomic mass is 10.2. The molecule has 72 valence electrons. The Balaban J connectivity index is 2.81. The molecule has 0 aliphatic rings. The molecular weight excluding hydrogens is 183 g/mol. The summed E-state index contributed by atoms with van der Waals surface area (Å²) in [7, 11) is 0. The largest absolute Gasteiger partial charge is 0.396 e. The molecule has 0 heterocycles. The first-order valence-electron chi connectivity index (χ1n) is 3.92. The van der Waals surface area contributed by atoms with Crippen LogP contribution in [0.25, 0.3) is 0 Å². The molecular formula is C10H9FN2O. The number of nitrogen functional groups attached to an aromatic ring is 1. The van der Waals surface area contributed by atoms with Crippen LogP contribution in [0.15, 0.2) is 18.2 Å². The summed E-state index contributed by atoms with van der Waals surface area (Å²) in [4.78, 5) is 11.0. The van der Waals surface area contributed by atoms with Crippen LogP contribution in [0, 0.1) is 17.7 Å². The summed E-state index contributed by atoms with van der Waals surface area (Å²) in [5, 5.41) is 2.45. The minimum absolute atomic E-state index is 0.00717. The molecule has 14 heavy (non-hydrogen) atoms. The van der Waals surface area contributed by atoms with Gasteiger partial charge in [0.05, 0.1) is 5.69 Å². The van der Waals surface area contributed by atoms with Gasteiger partial charge in [-0.2, -0.15) is 0 Å². The molecule has 0 aliphatic carbocycles. The Morgan fingerprint density at radius 3 is 2.86 bits per heavy atom. The van der Waals surface area contributed by atoms with Crippen molar-refractivity contribution in [2.45, 2.75) is 6.92 Å². The van der Waals surface area contributed by atoms with E-state index in [4.69, 9.17) is 5.73 Å². The monoisotopic (exact) mass is 192 g/mol. The van der Waals surface area contributed by atoms with Gasteiger partial charge >= 0.3 is 0 Å². The van der Waals surface area contributed by atoms with Crippen molar-refractivity contribution < 1.29 is 9.18 Å². The van der Waals surface area contributed by atoms with E-state index in [0.717, 1.165) is 0 Å². The molecule has 3 nitrogen and oxygen atoms in total. The van der Waals surface area contributed by atoms with Crippen LogP contribution in [0.5, 0.6) is 0 Å². The van der Waals surface area contributed by atoms with Crippen LogP contribution in [-0.2, 0) is 4.79 Å². The van der Waals surface area contributed by atoms with Crippen molar-refractivity contribution >= 4 is 17.3 Å². The summed E-state index contributed by atoms with van der Waals surface area (Å²) in [6.45, 7) is 1.55. The summed E-state index contributed by atoms with van der Waals surface area (Å²) in [6.07, 6.45) is 0. The fourth-order valence-electron chi connectivity index (χ4n) is 0.897. The fourth-order valence-corrected chi connectivity index (χ4v) is 0.897. The average Bonchev–Trinajstić information content (AvgIpc) is 2.12. The number of rotatable bonds is 1. The van der Waals surface area contributed by atoms with Gasteiger partial charge in [0.1, 0.15) is 5.82 Å². The standard InChI is InChI=1S/C10H9FN2O/c1-2-3-10(14)13-7-4-5-8(11)9(12)6-7/h4-6H,12H2,1H3,(H,13,14). The zero-order valence-corrected chi connectivity index (χ0v) is 7.60. The first-order chi connectivity index (χ1) is 6.63. The molecule has 0 bridgehead atoms. The van der Waals surface area contributed by atoms with Gasteiger partial charge < -0.3 is 11.1 Å². The molecule has 3 N–H and O–H groups in total. The number of anilines is 2. The molecule has 0 atom stereocenters. The van der Waals surface area contributed by atoms with Gasteiger partial charge in [-0.1, -0.05) is 5.92 Å². The maximum Gasteiger partial charge on any atom is 0.300 e. The highest BCUT2D eigenvalue weighted by molar-refractivity contribution is 6.04.